The van der Waals surface area contributed by atoms with Crippen LogP contribution in [0.4, 0.5) is 16.2 Å². The van der Waals surface area contributed by atoms with Gasteiger partial charge in [0.2, 0.25) is 0 Å². The summed E-state index contributed by atoms with van der Waals surface area (Å²) in [5.41, 5.74) is 2.76. The van der Waals surface area contributed by atoms with Crippen molar-refractivity contribution in [3.8, 4) is 5.75 Å². The summed E-state index contributed by atoms with van der Waals surface area (Å²) in [7, 11) is 5.56. The van der Waals surface area contributed by atoms with Gasteiger partial charge < -0.3 is 20.3 Å². The molecule has 0 aliphatic carbocycles. The minimum Gasteiger partial charge on any atom is -0.497 e. The molecule has 0 saturated carbocycles. The lowest BCUT2D eigenvalue weighted by atomic mass is 10.2. The summed E-state index contributed by atoms with van der Waals surface area (Å²) in [6.45, 7) is 0. The largest absolute Gasteiger partial charge is 0.497 e. The van der Waals surface area contributed by atoms with E-state index < -0.39 is 0 Å². The van der Waals surface area contributed by atoms with Crippen LogP contribution in [0.25, 0.3) is 6.08 Å². The number of nitrogens with one attached hydrogen (secondary N) is 2. The SMILES string of the molecule is COc1cccc(/C=C/NC(=O)Nc2ccc(N(C)C)cc2)c1. The van der Waals surface area contributed by atoms with Gasteiger partial charge in [-0.2, -0.15) is 0 Å². The zero-order valence-corrected chi connectivity index (χ0v) is 13.5. The minimum atomic E-state index is -0.290. The van der Waals surface area contributed by atoms with Crippen LogP contribution in [0.5, 0.6) is 5.75 Å². The molecule has 0 heterocycles. The van der Waals surface area contributed by atoms with Crippen molar-refractivity contribution in [2.24, 2.45) is 0 Å². The Kier molecular flexibility index (Phi) is 5.63. The lowest BCUT2D eigenvalue weighted by Crippen LogP contribution is -2.23. The van der Waals surface area contributed by atoms with E-state index in [0.29, 0.717) is 0 Å². The van der Waals surface area contributed by atoms with Gasteiger partial charge in [0.15, 0.2) is 0 Å². The Balaban J connectivity index is 1.88. The quantitative estimate of drug-likeness (QED) is 0.888. The van der Waals surface area contributed by atoms with Gasteiger partial charge in [-0.25, -0.2) is 4.79 Å². The molecule has 0 aliphatic heterocycles. The van der Waals surface area contributed by atoms with Gasteiger partial charge in [-0.1, -0.05) is 12.1 Å². The predicted molar refractivity (Wildman–Crippen MR) is 95.0 cm³/mol. The summed E-state index contributed by atoms with van der Waals surface area (Å²) in [5, 5.41) is 5.45. The first-order chi connectivity index (χ1) is 11.1. The molecule has 2 aromatic carbocycles. The van der Waals surface area contributed by atoms with Gasteiger partial charge in [-0.3, -0.25) is 0 Å². The Bertz CT molecular complexity index is 679. The summed E-state index contributed by atoms with van der Waals surface area (Å²) in [4.78, 5) is 13.8. The summed E-state index contributed by atoms with van der Waals surface area (Å²) in [5.74, 6) is 0.776. The summed E-state index contributed by atoms with van der Waals surface area (Å²) in [6, 6.07) is 14.9. The zero-order chi connectivity index (χ0) is 16.7. The first-order valence-electron chi connectivity index (χ1n) is 7.24. The summed E-state index contributed by atoms with van der Waals surface area (Å²) in [6.07, 6.45) is 3.40. The van der Waals surface area contributed by atoms with E-state index in [1.165, 1.54) is 0 Å². The van der Waals surface area contributed by atoms with Gasteiger partial charge in [-0.15, -0.1) is 0 Å². The second-order valence-corrected chi connectivity index (χ2v) is 5.15. The lowest BCUT2D eigenvalue weighted by Gasteiger charge is -2.12. The van der Waals surface area contributed by atoms with Crippen LogP contribution < -0.4 is 20.3 Å². The molecule has 0 spiro atoms. The van der Waals surface area contributed by atoms with Crippen molar-refractivity contribution in [2.75, 3.05) is 31.4 Å². The Morgan fingerprint density at radius 3 is 2.52 bits per heavy atom. The van der Waals surface area contributed by atoms with E-state index >= 15 is 0 Å². The number of hydrogen-bond acceptors (Lipinski definition) is 3. The smallest absolute Gasteiger partial charge is 0.323 e. The zero-order valence-electron chi connectivity index (χ0n) is 13.5. The third kappa shape index (κ3) is 5.07. The molecule has 0 bridgehead atoms. The van der Waals surface area contributed by atoms with Gasteiger partial charge in [0.25, 0.3) is 0 Å². The number of hydrogen-bond donors (Lipinski definition) is 2. The molecule has 0 fully saturated rings. The molecule has 5 heteroatoms. The highest BCUT2D eigenvalue weighted by Gasteiger charge is 2.00. The highest BCUT2D eigenvalue weighted by Crippen LogP contribution is 2.15. The van der Waals surface area contributed by atoms with E-state index in [-0.39, 0.29) is 6.03 Å². The second-order valence-electron chi connectivity index (χ2n) is 5.15. The number of carbonyl (C=O) groups excluding carboxylic acids is 1. The molecule has 0 aliphatic rings. The lowest BCUT2D eigenvalue weighted by molar-refractivity contribution is 0.255. The van der Waals surface area contributed by atoms with Crippen LogP contribution in [-0.4, -0.2) is 27.2 Å². The fourth-order valence-corrected chi connectivity index (χ4v) is 1.97. The monoisotopic (exact) mass is 311 g/mol. The molecule has 0 aromatic heterocycles. The normalized spacial score (nSPS) is 10.4. The van der Waals surface area contributed by atoms with Crippen LogP contribution in [0.3, 0.4) is 0 Å². The van der Waals surface area contributed by atoms with Crippen molar-refractivity contribution in [1.82, 2.24) is 5.32 Å². The van der Waals surface area contributed by atoms with Crippen molar-refractivity contribution < 1.29 is 9.53 Å². The van der Waals surface area contributed by atoms with E-state index in [1.54, 1.807) is 19.4 Å². The van der Waals surface area contributed by atoms with Gasteiger partial charge in [0.05, 0.1) is 7.11 Å². The minimum absolute atomic E-state index is 0.290. The van der Waals surface area contributed by atoms with Crippen LogP contribution in [0, 0.1) is 0 Å². The predicted octanol–water partition coefficient (Wildman–Crippen LogP) is 3.55. The van der Waals surface area contributed by atoms with E-state index in [0.717, 1.165) is 22.7 Å². The molecule has 2 N–H and O–H groups in total. The fraction of sp³-hybridized carbons (Fsp3) is 0.167. The van der Waals surface area contributed by atoms with Crippen molar-refractivity contribution in [3.63, 3.8) is 0 Å². The topological polar surface area (TPSA) is 53.6 Å². The first kappa shape index (κ1) is 16.4. The molecule has 0 radical (unpaired) electrons. The molecule has 2 aromatic rings. The van der Waals surface area contributed by atoms with Crippen LogP contribution in [0.1, 0.15) is 5.56 Å². The number of urea groups is 1. The molecule has 0 atom stereocenters. The van der Waals surface area contributed by atoms with E-state index in [1.807, 2.05) is 67.5 Å². The van der Waals surface area contributed by atoms with Crippen molar-refractivity contribution in [3.05, 3.63) is 60.3 Å². The van der Waals surface area contributed by atoms with Crippen molar-refractivity contribution >= 4 is 23.5 Å². The maximum atomic E-state index is 11.8. The van der Waals surface area contributed by atoms with Gasteiger partial charge in [-0.05, 0) is 48.0 Å². The maximum Gasteiger partial charge on any atom is 0.323 e. The third-order valence-electron chi connectivity index (χ3n) is 3.23. The van der Waals surface area contributed by atoms with Crippen LogP contribution >= 0.6 is 0 Å². The number of rotatable bonds is 5. The molecular weight excluding hydrogens is 290 g/mol. The molecule has 5 nitrogen and oxygen atoms in total. The number of ether oxygens (including phenoxy) is 1. The van der Waals surface area contributed by atoms with E-state index in [2.05, 4.69) is 10.6 Å². The van der Waals surface area contributed by atoms with Gasteiger partial charge in [0, 0.05) is 31.7 Å². The first-order valence-corrected chi connectivity index (χ1v) is 7.24. The van der Waals surface area contributed by atoms with Crippen LogP contribution in [-0.2, 0) is 0 Å². The molecule has 2 amide bonds. The Morgan fingerprint density at radius 2 is 1.87 bits per heavy atom. The van der Waals surface area contributed by atoms with E-state index in [9.17, 15) is 4.79 Å². The highest BCUT2D eigenvalue weighted by molar-refractivity contribution is 5.90. The summed E-state index contributed by atoms with van der Waals surface area (Å²) >= 11 is 0. The average molecular weight is 311 g/mol. The standard InChI is InChI=1S/C18H21N3O2/c1-21(2)16-9-7-15(8-10-16)20-18(22)19-12-11-14-5-4-6-17(13-14)23-3/h4-13H,1-3H3,(H2,19,20,22)/b12-11+. The highest BCUT2D eigenvalue weighted by atomic mass is 16.5. The number of anilines is 2. The number of carbonyl (C=O) groups is 1. The maximum absolute atomic E-state index is 11.8. The Hall–Kier alpha value is -2.95. The van der Waals surface area contributed by atoms with Crippen molar-refractivity contribution in [1.29, 1.82) is 0 Å². The molecule has 120 valence electrons. The molecular formula is C18H21N3O2. The second kappa shape index (κ2) is 7.89. The molecule has 23 heavy (non-hydrogen) atoms. The van der Waals surface area contributed by atoms with Crippen molar-refractivity contribution in [2.45, 2.75) is 0 Å². The van der Waals surface area contributed by atoms with Gasteiger partial charge in [0.1, 0.15) is 5.75 Å². The van der Waals surface area contributed by atoms with Crippen LogP contribution in [0.2, 0.25) is 0 Å². The third-order valence-corrected chi connectivity index (χ3v) is 3.23. The molecule has 0 unspecified atom stereocenters. The number of nitrogens with zero attached hydrogens (tertiary/aromatic N) is 1. The Morgan fingerprint density at radius 1 is 1.13 bits per heavy atom. The Labute approximate surface area is 136 Å². The molecule has 2 rings (SSSR count). The number of benzene rings is 2. The fourth-order valence-electron chi connectivity index (χ4n) is 1.97. The van der Waals surface area contributed by atoms with Gasteiger partial charge >= 0.3 is 6.03 Å². The number of amides is 2. The van der Waals surface area contributed by atoms with Crippen LogP contribution in [0.15, 0.2) is 54.7 Å². The van der Waals surface area contributed by atoms with E-state index in [4.69, 9.17) is 4.74 Å². The summed E-state index contributed by atoms with van der Waals surface area (Å²) < 4.78 is 5.15. The number of methoxy groups -OCH3 is 1. The average Bonchev–Trinajstić information content (AvgIpc) is 2.55. The molecule has 0 saturated heterocycles.